The largest absolute Gasteiger partial charge is 0.319 e. The van der Waals surface area contributed by atoms with Crippen LogP contribution in [0.15, 0.2) is 0 Å². The Morgan fingerprint density at radius 2 is 1.94 bits per heavy atom. The first kappa shape index (κ1) is 14.9. The molecule has 1 unspecified atom stereocenters. The molecule has 1 aliphatic heterocycles. The van der Waals surface area contributed by atoms with Crippen molar-refractivity contribution in [2.24, 2.45) is 11.8 Å². The summed E-state index contributed by atoms with van der Waals surface area (Å²) in [5.41, 5.74) is 0. The van der Waals surface area contributed by atoms with Crippen LogP contribution in [0, 0.1) is 11.8 Å². The zero-order valence-corrected chi connectivity index (χ0v) is 12.0. The van der Waals surface area contributed by atoms with Crippen LogP contribution in [0.2, 0.25) is 0 Å². The molecule has 1 saturated heterocycles. The molecule has 3 nitrogen and oxygen atoms in total. The Labute approximate surface area is 107 Å². The molecule has 0 aromatic carbocycles. The van der Waals surface area contributed by atoms with Crippen LogP contribution in [0.1, 0.15) is 32.6 Å². The number of nitrogens with one attached hydrogen (secondary N) is 2. The fourth-order valence-electron chi connectivity index (χ4n) is 2.61. The van der Waals surface area contributed by atoms with Crippen LogP contribution in [0.5, 0.6) is 0 Å². The SMILES string of the molecule is CCC(CNC)CNCCC1CCN(C)CC1. The lowest BCUT2D eigenvalue weighted by Gasteiger charge is -2.29. The van der Waals surface area contributed by atoms with Crippen molar-refractivity contribution < 1.29 is 0 Å². The van der Waals surface area contributed by atoms with Crippen LogP contribution in [0.3, 0.4) is 0 Å². The molecule has 3 heteroatoms. The molecule has 1 atom stereocenters. The monoisotopic (exact) mass is 241 g/mol. The summed E-state index contributed by atoms with van der Waals surface area (Å²) in [6.45, 7) is 8.38. The maximum atomic E-state index is 3.63. The quantitative estimate of drug-likeness (QED) is 0.632. The van der Waals surface area contributed by atoms with Gasteiger partial charge in [-0.1, -0.05) is 13.3 Å². The van der Waals surface area contributed by atoms with Crippen LogP contribution in [0.4, 0.5) is 0 Å². The van der Waals surface area contributed by atoms with E-state index in [1.54, 1.807) is 0 Å². The van der Waals surface area contributed by atoms with Gasteiger partial charge in [0, 0.05) is 0 Å². The average molecular weight is 241 g/mol. The summed E-state index contributed by atoms with van der Waals surface area (Å²) in [7, 11) is 4.28. The summed E-state index contributed by atoms with van der Waals surface area (Å²) in [6, 6.07) is 0. The van der Waals surface area contributed by atoms with Crippen molar-refractivity contribution in [1.82, 2.24) is 15.5 Å². The number of piperidine rings is 1. The van der Waals surface area contributed by atoms with E-state index in [1.807, 2.05) is 7.05 Å². The Hall–Kier alpha value is -0.120. The third kappa shape index (κ3) is 6.39. The second-order valence-corrected chi connectivity index (χ2v) is 5.57. The van der Waals surface area contributed by atoms with Crippen molar-refractivity contribution in [3.63, 3.8) is 0 Å². The van der Waals surface area contributed by atoms with Gasteiger partial charge in [-0.25, -0.2) is 0 Å². The van der Waals surface area contributed by atoms with Gasteiger partial charge in [0.25, 0.3) is 0 Å². The van der Waals surface area contributed by atoms with Crippen LogP contribution in [-0.2, 0) is 0 Å². The summed E-state index contributed by atoms with van der Waals surface area (Å²) in [5.74, 6) is 1.75. The molecule has 0 bridgehead atoms. The van der Waals surface area contributed by atoms with E-state index in [0.29, 0.717) is 0 Å². The Bertz CT molecular complexity index is 176. The predicted molar refractivity (Wildman–Crippen MR) is 75.4 cm³/mol. The van der Waals surface area contributed by atoms with Crippen LogP contribution in [0.25, 0.3) is 0 Å². The second-order valence-electron chi connectivity index (χ2n) is 5.57. The second kappa shape index (κ2) is 8.90. The van der Waals surface area contributed by atoms with Gasteiger partial charge < -0.3 is 15.5 Å². The molecule has 1 fully saturated rings. The van der Waals surface area contributed by atoms with Gasteiger partial charge in [0.1, 0.15) is 0 Å². The maximum absolute atomic E-state index is 3.63. The molecule has 0 spiro atoms. The lowest BCUT2D eigenvalue weighted by molar-refractivity contribution is 0.211. The van der Waals surface area contributed by atoms with E-state index >= 15 is 0 Å². The maximum Gasteiger partial charge on any atom is -0.000848 e. The van der Waals surface area contributed by atoms with E-state index in [1.165, 1.54) is 51.9 Å². The van der Waals surface area contributed by atoms with Crippen LogP contribution < -0.4 is 10.6 Å². The van der Waals surface area contributed by atoms with E-state index < -0.39 is 0 Å². The lowest BCUT2D eigenvalue weighted by atomic mass is 9.94. The van der Waals surface area contributed by atoms with Crippen LogP contribution in [-0.4, -0.2) is 51.7 Å². The minimum atomic E-state index is 0.789. The minimum Gasteiger partial charge on any atom is -0.319 e. The third-order valence-corrected chi connectivity index (χ3v) is 4.07. The first-order valence-electron chi connectivity index (χ1n) is 7.30. The Morgan fingerprint density at radius 3 is 2.53 bits per heavy atom. The molecule has 17 heavy (non-hydrogen) atoms. The first-order chi connectivity index (χ1) is 8.26. The standard InChI is InChI=1S/C14H31N3/c1-4-13(11-15-2)12-16-8-5-14-6-9-17(3)10-7-14/h13-16H,4-12H2,1-3H3. The smallest absolute Gasteiger partial charge is 0.000848 e. The van der Waals surface area contributed by atoms with Crippen molar-refractivity contribution in [2.75, 3.05) is 46.8 Å². The van der Waals surface area contributed by atoms with E-state index in [4.69, 9.17) is 0 Å². The van der Waals surface area contributed by atoms with E-state index in [0.717, 1.165) is 18.4 Å². The zero-order valence-electron chi connectivity index (χ0n) is 12.0. The minimum absolute atomic E-state index is 0.789. The molecule has 0 aromatic heterocycles. The Morgan fingerprint density at radius 1 is 1.24 bits per heavy atom. The van der Waals surface area contributed by atoms with Gasteiger partial charge in [-0.2, -0.15) is 0 Å². The predicted octanol–water partition coefficient (Wildman–Crippen LogP) is 1.55. The number of likely N-dealkylation sites (tertiary alicyclic amines) is 1. The molecule has 1 heterocycles. The van der Waals surface area contributed by atoms with Crippen molar-refractivity contribution >= 4 is 0 Å². The zero-order chi connectivity index (χ0) is 12.5. The summed E-state index contributed by atoms with van der Waals surface area (Å²) in [5, 5.41) is 6.89. The highest BCUT2D eigenvalue weighted by atomic mass is 15.1. The molecule has 102 valence electrons. The summed E-state index contributed by atoms with van der Waals surface area (Å²) < 4.78 is 0. The van der Waals surface area contributed by atoms with Crippen molar-refractivity contribution in [2.45, 2.75) is 32.6 Å². The van der Waals surface area contributed by atoms with Crippen LogP contribution >= 0.6 is 0 Å². The van der Waals surface area contributed by atoms with Gasteiger partial charge in [-0.3, -0.25) is 0 Å². The fraction of sp³-hybridized carbons (Fsp3) is 1.00. The highest BCUT2D eigenvalue weighted by molar-refractivity contribution is 4.71. The average Bonchev–Trinajstić information content (AvgIpc) is 2.35. The van der Waals surface area contributed by atoms with E-state index in [2.05, 4.69) is 29.5 Å². The van der Waals surface area contributed by atoms with Gasteiger partial charge in [-0.05, 0) is 77.9 Å². The first-order valence-corrected chi connectivity index (χ1v) is 7.30. The van der Waals surface area contributed by atoms with Gasteiger partial charge in [0.2, 0.25) is 0 Å². The normalized spacial score (nSPS) is 20.6. The molecule has 2 N–H and O–H groups in total. The summed E-state index contributed by atoms with van der Waals surface area (Å²) in [6.07, 6.45) is 5.42. The number of hydrogen-bond acceptors (Lipinski definition) is 3. The van der Waals surface area contributed by atoms with Gasteiger partial charge in [-0.15, -0.1) is 0 Å². The van der Waals surface area contributed by atoms with E-state index in [9.17, 15) is 0 Å². The molecule has 0 radical (unpaired) electrons. The summed E-state index contributed by atoms with van der Waals surface area (Å²) >= 11 is 0. The van der Waals surface area contributed by atoms with Gasteiger partial charge in [0.15, 0.2) is 0 Å². The molecule has 1 rings (SSSR count). The molecule has 1 aliphatic rings. The lowest BCUT2D eigenvalue weighted by Crippen LogP contribution is -2.33. The number of nitrogens with zero attached hydrogens (tertiary/aromatic N) is 1. The number of rotatable bonds is 8. The molecule has 0 aliphatic carbocycles. The molecular formula is C14H31N3. The number of hydrogen-bond donors (Lipinski definition) is 2. The Kier molecular flexibility index (Phi) is 7.82. The van der Waals surface area contributed by atoms with Gasteiger partial charge in [0.05, 0.1) is 0 Å². The van der Waals surface area contributed by atoms with E-state index in [-0.39, 0.29) is 0 Å². The topological polar surface area (TPSA) is 27.3 Å². The molecule has 0 saturated carbocycles. The highest BCUT2D eigenvalue weighted by Gasteiger charge is 2.15. The molecular weight excluding hydrogens is 210 g/mol. The molecule has 0 amide bonds. The third-order valence-electron chi connectivity index (χ3n) is 4.07. The van der Waals surface area contributed by atoms with Crippen molar-refractivity contribution in [3.8, 4) is 0 Å². The van der Waals surface area contributed by atoms with Crippen molar-refractivity contribution in [3.05, 3.63) is 0 Å². The van der Waals surface area contributed by atoms with Gasteiger partial charge >= 0.3 is 0 Å². The highest BCUT2D eigenvalue weighted by Crippen LogP contribution is 2.18. The van der Waals surface area contributed by atoms with Crippen molar-refractivity contribution in [1.29, 1.82) is 0 Å². The Balaban J connectivity index is 1.99. The summed E-state index contributed by atoms with van der Waals surface area (Å²) in [4.78, 5) is 2.45. The molecule has 0 aromatic rings. The fourth-order valence-corrected chi connectivity index (χ4v) is 2.61.